The number of aryl methyl sites for hydroxylation is 2. The van der Waals surface area contributed by atoms with Crippen molar-refractivity contribution < 1.29 is 13.0 Å². The van der Waals surface area contributed by atoms with Crippen LogP contribution < -0.4 is 0 Å². The summed E-state index contributed by atoms with van der Waals surface area (Å²) in [5, 5.41) is 0. The van der Waals surface area contributed by atoms with Gasteiger partial charge in [-0.15, -0.1) is 0 Å². The monoisotopic (exact) mass is 246 g/mol. The van der Waals surface area contributed by atoms with Crippen molar-refractivity contribution in [2.45, 2.75) is 39.2 Å². The highest BCUT2D eigenvalue weighted by molar-refractivity contribution is 7.85. The van der Waals surface area contributed by atoms with Crippen LogP contribution in [0.1, 0.15) is 32.0 Å². The number of nitrogens with zero attached hydrogens (tertiary/aromatic N) is 2. The van der Waals surface area contributed by atoms with Gasteiger partial charge in [0.25, 0.3) is 10.1 Å². The number of hydrogen-bond acceptors (Lipinski definition) is 3. The molecular weight excluding hydrogens is 228 g/mol. The Kier molecular flexibility index (Phi) is 4.95. The lowest BCUT2D eigenvalue weighted by molar-refractivity contribution is 0.480. The minimum Gasteiger partial charge on any atom is -0.335 e. The van der Waals surface area contributed by atoms with Crippen molar-refractivity contribution in [3.8, 4) is 0 Å². The molecule has 1 N–H and O–H groups in total. The van der Waals surface area contributed by atoms with Crippen LogP contribution in [0.4, 0.5) is 0 Å². The normalized spacial score (nSPS) is 11.9. The van der Waals surface area contributed by atoms with E-state index in [4.69, 9.17) is 4.55 Å². The molecule has 1 aromatic heterocycles. The summed E-state index contributed by atoms with van der Waals surface area (Å²) in [5.74, 6) is 0.685. The molecule has 1 heterocycles. The van der Waals surface area contributed by atoms with Crippen LogP contribution in [0.3, 0.4) is 0 Å². The number of hydrogen-bond donors (Lipinski definition) is 1. The summed E-state index contributed by atoms with van der Waals surface area (Å²) in [6, 6.07) is 0. The van der Waals surface area contributed by atoms with Crippen molar-refractivity contribution in [1.82, 2.24) is 9.55 Å². The van der Waals surface area contributed by atoms with Crippen LogP contribution in [0, 0.1) is 0 Å². The van der Waals surface area contributed by atoms with Gasteiger partial charge in [0.15, 0.2) is 0 Å². The van der Waals surface area contributed by atoms with Crippen molar-refractivity contribution in [3.63, 3.8) is 0 Å². The van der Waals surface area contributed by atoms with E-state index in [1.54, 1.807) is 6.20 Å². The van der Waals surface area contributed by atoms with Crippen molar-refractivity contribution in [1.29, 1.82) is 0 Å². The number of aromatic nitrogens is 2. The Hall–Kier alpha value is -0.880. The Bertz CT molecular complexity index is 411. The SMILES string of the molecule is CCCCn1ccnc1CCCS(=O)(=O)O. The van der Waals surface area contributed by atoms with Crippen molar-refractivity contribution in [3.05, 3.63) is 18.2 Å². The Morgan fingerprint density at radius 2 is 2.19 bits per heavy atom. The van der Waals surface area contributed by atoms with E-state index in [0.29, 0.717) is 12.8 Å². The fourth-order valence-corrected chi connectivity index (χ4v) is 2.02. The van der Waals surface area contributed by atoms with Gasteiger partial charge in [0, 0.05) is 25.4 Å². The van der Waals surface area contributed by atoms with Crippen LogP contribution in [0.5, 0.6) is 0 Å². The van der Waals surface area contributed by atoms with Gasteiger partial charge in [-0.05, 0) is 12.8 Å². The zero-order chi connectivity index (χ0) is 12.0. The van der Waals surface area contributed by atoms with Crippen LogP contribution in [0.2, 0.25) is 0 Å². The molecule has 1 rings (SSSR count). The maximum Gasteiger partial charge on any atom is 0.264 e. The molecule has 0 fully saturated rings. The zero-order valence-electron chi connectivity index (χ0n) is 9.46. The Morgan fingerprint density at radius 1 is 1.44 bits per heavy atom. The second kappa shape index (κ2) is 6.00. The molecule has 0 spiro atoms. The molecule has 6 heteroatoms. The molecule has 0 saturated carbocycles. The average Bonchev–Trinajstić information content (AvgIpc) is 2.60. The highest BCUT2D eigenvalue weighted by Gasteiger charge is 2.07. The highest BCUT2D eigenvalue weighted by Crippen LogP contribution is 2.04. The van der Waals surface area contributed by atoms with E-state index in [0.717, 1.165) is 25.2 Å². The predicted octanol–water partition coefficient (Wildman–Crippen LogP) is 1.50. The van der Waals surface area contributed by atoms with Crippen molar-refractivity contribution in [2.24, 2.45) is 0 Å². The molecular formula is C10H18N2O3S. The van der Waals surface area contributed by atoms with E-state index in [-0.39, 0.29) is 5.75 Å². The molecule has 0 aliphatic heterocycles. The average molecular weight is 246 g/mol. The summed E-state index contributed by atoms with van der Waals surface area (Å²) in [5.41, 5.74) is 0. The summed E-state index contributed by atoms with van der Waals surface area (Å²) in [6.07, 6.45) is 6.81. The van der Waals surface area contributed by atoms with Crippen molar-refractivity contribution >= 4 is 10.1 Å². The molecule has 16 heavy (non-hydrogen) atoms. The van der Waals surface area contributed by atoms with Crippen LogP contribution in [-0.2, 0) is 23.1 Å². The van der Waals surface area contributed by atoms with Crippen LogP contribution in [0.25, 0.3) is 0 Å². The zero-order valence-corrected chi connectivity index (χ0v) is 10.3. The predicted molar refractivity (Wildman–Crippen MR) is 61.9 cm³/mol. The molecule has 0 bridgehead atoms. The fourth-order valence-electron chi connectivity index (χ4n) is 1.51. The first-order valence-corrected chi connectivity index (χ1v) is 7.09. The Balaban J connectivity index is 2.44. The first-order chi connectivity index (χ1) is 7.53. The third-order valence-corrected chi connectivity index (χ3v) is 3.16. The van der Waals surface area contributed by atoms with E-state index >= 15 is 0 Å². The first-order valence-electron chi connectivity index (χ1n) is 5.48. The van der Waals surface area contributed by atoms with E-state index in [2.05, 4.69) is 11.9 Å². The quantitative estimate of drug-likeness (QED) is 0.740. The molecule has 0 aromatic carbocycles. The van der Waals surface area contributed by atoms with Gasteiger partial charge in [-0.2, -0.15) is 8.42 Å². The van der Waals surface area contributed by atoms with Crippen LogP contribution in [-0.4, -0.2) is 28.3 Å². The lowest BCUT2D eigenvalue weighted by Gasteiger charge is -2.06. The van der Waals surface area contributed by atoms with Gasteiger partial charge in [0.2, 0.25) is 0 Å². The first kappa shape index (κ1) is 13.2. The van der Waals surface area contributed by atoms with E-state index in [1.165, 1.54) is 0 Å². The van der Waals surface area contributed by atoms with Gasteiger partial charge in [-0.3, -0.25) is 4.55 Å². The van der Waals surface area contributed by atoms with Gasteiger partial charge in [0.1, 0.15) is 5.82 Å². The molecule has 0 unspecified atom stereocenters. The highest BCUT2D eigenvalue weighted by atomic mass is 32.2. The second-order valence-electron chi connectivity index (χ2n) is 3.78. The Morgan fingerprint density at radius 3 is 2.81 bits per heavy atom. The van der Waals surface area contributed by atoms with Crippen LogP contribution >= 0.6 is 0 Å². The van der Waals surface area contributed by atoms with Gasteiger partial charge < -0.3 is 4.57 Å². The van der Waals surface area contributed by atoms with E-state index < -0.39 is 10.1 Å². The number of rotatable bonds is 7. The van der Waals surface area contributed by atoms with E-state index in [9.17, 15) is 8.42 Å². The van der Waals surface area contributed by atoms with Gasteiger partial charge >= 0.3 is 0 Å². The second-order valence-corrected chi connectivity index (χ2v) is 5.35. The summed E-state index contributed by atoms with van der Waals surface area (Å²) < 4.78 is 31.7. The fraction of sp³-hybridized carbons (Fsp3) is 0.700. The minimum absolute atomic E-state index is 0.201. The lowest BCUT2D eigenvalue weighted by atomic mass is 10.3. The maximum atomic E-state index is 10.5. The maximum absolute atomic E-state index is 10.5. The van der Waals surface area contributed by atoms with Crippen molar-refractivity contribution in [2.75, 3.05) is 5.75 Å². The van der Waals surface area contributed by atoms with Gasteiger partial charge in [0.05, 0.1) is 5.75 Å². The Labute approximate surface area is 96.3 Å². The molecule has 1 aromatic rings. The molecule has 0 atom stereocenters. The molecule has 5 nitrogen and oxygen atoms in total. The third-order valence-electron chi connectivity index (χ3n) is 2.36. The van der Waals surface area contributed by atoms with Gasteiger partial charge in [-0.1, -0.05) is 13.3 Å². The minimum atomic E-state index is -3.84. The summed E-state index contributed by atoms with van der Waals surface area (Å²) >= 11 is 0. The van der Waals surface area contributed by atoms with E-state index in [1.807, 2.05) is 10.8 Å². The lowest BCUT2D eigenvalue weighted by Crippen LogP contribution is -2.08. The largest absolute Gasteiger partial charge is 0.335 e. The molecule has 0 aliphatic carbocycles. The van der Waals surface area contributed by atoms with Crippen LogP contribution in [0.15, 0.2) is 12.4 Å². The number of imidazole rings is 1. The summed E-state index contributed by atoms with van der Waals surface area (Å²) in [6.45, 7) is 3.03. The smallest absolute Gasteiger partial charge is 0.264 e. The molecule has 0 saturated heterocycles. The molecule has 0 aliphatic rings. The summed E-state index contributed by atoms with van der Waals surface area (Å²) in [7, 11) is -3.84. The molecule has 0 radical (unpaired) electrons. The molecule has 0 amide bonds. The van der Waals surface area contributed by atoms with Gasteiger partial charge in [-0.25, -0.2) is 4.98 Å². The summed E-state index contributed by atoms with van der Waals surface area (Å²) in [4.78, 5) is 4.18. The molecule has 92 valence electrons. The topological polar surface area (TPSA) is 72.2 Å². The standard InChI is InChI=1S/C10H18N2O3S/c1-2-3-7-12-8-6-11-10(12)5-4-9-16(13,14)15/h6,8H,2-5,7,9H2,1H3,(H,13,14,15). The third kappa shape index (κ3) is 4.76. The number of unbranched alkanes of at least 4 members (excludes halogenated alkanes) is 1.